The summed E-state index contributed by atoms with van der Waals surface area (Å²) in [4.78, 5) is 11.9. The van der Waals surface area contributed by atoms with Gasteiger partial charge in [-0.2, -0.15) is 8.42 Å². The maximum absolute atomic E-state index is 11.9. The van der Waals surface area contributed by atoms with E-state index in [2.05, 4.69) is 47.6 Å². The van der Waals surface area contributed by atoms with Crippen molar-refractivity contribution in [3.05, 3.63) is 11.6 Å². The number of fused-ring (bicyclic) bond motifs is 5. The zero-order chi connectivity index (χ0) is 28.7. The normalized spacial score (nSPS) is 46.9. The predicted molar refractivity (Wildman–Crippen MR) is 146 cm³/mol. The first-order valence-corrected chi connectivity index (χ1v) is 16.3. The van der Waals surface area contributed by atoms with Crippen LogP contribution in [-0.2, 0) is 28.9 Å². The Bertz CT molecular complexity index is 1100. The Balaban J connectivity index is 1.41. The van der Waals surface area contributed by atoms with Crippen molar-refractivity contribution in [3.8, 4) is 0 Å². The minimum Gasteiger partial charge on any atom is -0.460 e. The maximum atomic E-state index is 11.9. The molecule has 5 aliphatic rings. The molecule has 1 heterocycles. The highest BCUT2D eigenvalue weighted by atomic mass is 32.3. The summed E-state index contributed by atoms with van der Waals surface area (Å²) >= 11 is 0. The van der Waals surface area contributed by atoms with Gasteiger partial charge in [-0.15, -0.1) is 0 Å². The van der Waals surface area contributed by atoms with Crippen molar-refractivity contribution in [1.29, 1.82) is 0 Å². The van der Waals surface area contributed by atoms with Crippen LogP contribution in [0.25, 0.3) is 0 Å². The van der Waals surface area contributed by atoms with Gasteiger partial charge in [0.15, 0.2) is 0 Å². The van der Waals surface area contributed by atoms with Crippen molar-refractivity contribution in [3.63, 3.8) is 0 Å². The Hall–Kier alpha value is -1.00. The van der Waals surface area contributed by atoms with Crippen LogP contribution in [0.15, 0.2) is 11.6 Å². The molecule has 1 saturated heterocycles. The van der Waals surface area contributed by atoms with Crippen LogP contribution in [0.2, 0.25) is 0 Å². The summed E-state index contributed by atoms with van der Waals surface area (Å²) in [5.41, 5.74) is 1.18. The highest BCUT2D eigenvalue weighted by Crippen LogP contribution is 2.68. The number of allylic oxidation sites excluding steroid dienone is 2. The molecule has 1 aliphatic heterocycles. The molecule has 0 bridgehead atoms. The van der Waals surface area contributed by atoms with Crippen LogP contribution in [-0.4, -0.2) is 54.6 Å². The molecule has 4 aliphatic carbocycles. The molecule has 0 amide bonds. The van der Waals surface area contributed by atoms with E-state index in [1.807, 2.05) is 0 Å². The van der Waals surface area contributed by atoms with Crippen LogP contribution >= 0.6 is 0 Å². The lowest BCUT2D eigenvalue weighted by Gasteiger charge is -2.59. The van der Waals surface area contributed by atoms with Gasteiger partial charge in [-0.25, -0.2) is 4.18 Å². The monoisotopic (exact) mass is 568 g/mol. The van der Waals surface area contributed by atoms with E-state index in [1.165, 1.54) is 18.9 Å². The van der Waals surface area contributed by atoms with E-state index in [1.54, 1.807) is 0 Å². The highest BCUT2D eigenvalue weighted by Gasteiger charge is 2.63. The van der Waals surface area contributed by atoms with Crippen LogP contribution in [0.5, 0.6) is 0 Å². The second kappa shape index (κ2) is 10.1. The van der Waals surface area contributed by atoms with Gasteiger partial charge in [0, 0.05) is 6.92 Å². The predicted octanol–water partition coefficient (Wildman–Crippen LogP) is 4.96. The van der Waals surface area contributed by atoms with Crippen LogP contribution in [0.1, 0.15) is 87.0 Å². The van der Waals surface area contributed by atoms with Gasteiger partial charge >= 0.3 is 16.4 Å². The largest absolute Gasteiger partial charge is 0.460 e. The number of ether oxygens (including phenoxy) is 2. The fourth-order valence-electron chi connectivity index (χ4n) is 9.67. The molecule has 13 atom stereocenters. The number of aliphatic hydroxyl groups excluding tert-OH is 1. The summed E-state index contributed by atoms with van der Waals surface area (Å²) in [6.07, 6.45) is 4.88. The molecule has 0 aromatic carbocycles. The number of rotatable bonds is 7. The number of carbonyl (C=O) groups excluding carboxylic acids is 1. The third-order valence-corrected chi connectivity index (χ3v) is 12.5. The smallest absolute Gasteiger partial charge is 0.397 e. The van der Waals surface area contributed by atoms with E-state index in [9.17, 15) is 22.9 Å². The van der Waals surface area contributed by atoms with Crippen molar-refractivity contribution in [2.24, 2.45) is 52.3 Å². The SMILES string of the molecule is CC(=O)O[C@@H]1C[C@]2(C)[C@H]3CC[C@]4(C)[C@@H]([C@H](C)[C@@H]5O[C@H]5[C@@H](C)C(C)C)CC[C@H]4C3=CC[C@H]2[C@H](OS(=O)(=O)O)[C@H]1O. The van der Waals surface area contributed by atoms with E-state index in [-0.39, 0.29) is 17.3 Å². The Morgan fingerprint density at radius 1 is 1.08 bits per heavy atom. The zero-order valence-electron chi connectivity index (χ0n) is 24.5. The van der Waals surface area contributed by atoms with Gasteiger partial charge in [0.2, 0.25) is 0 Å². The van der Waals surface area contributed by atoms with E-state index in [4.69, 9.17) is 13.7 Å². The standard InChI is InChI=1S/C30H48O8S/c1-15(2)16(3)26-27(37-26)17(4)20-10-11-21-19-8-9-23-28(38-39(33,34)35)25(32)24(36-18(5)31)14-30(23,7)22(19)12-13-29(20,21)6/h8,15-17,20-28,32H,9-14H2,1-7H3,(H,33,34,35)/t16-,17-,20+,21-,22-,23-,24+,25-,26-,27-,28-,29+,30+/m0/s1. The molecule has 8 nitrogen and oxygen atoms in total. The third kappa shape index (κ3) is 5.02. The number of epoxide rings is 1. The number of esters is 1. The molecule has 0 radical (unpaired) electrons. The number of carbonyl (C=O) groups is 1. The Morgan fingerprint density at radius 3 is 2.36 bits per heavy atom. The summed E-state index contributed by atoms with van der Waals surface area (Å²) in [5.74, 6) is 2.01. The average molecular weight is 569 g/mol. The van der Waals surface area contributed by atoms with E-state index < -0.39 is 40.1 Å². The fraction of sp³-hybridized carbons (Fsp3) is 0.900. The molecule has 5 rings (SSSR count). The van der Waals surface area contributed by atoms with Crippen LogP contribution < -0.4 is 0 Å². The number of hydrogen-bond donors (Lipinski definition) is 2. The Morgan fingerprint density at radius 2 is 1.74 bits per heavy atom. The molecule has 39 heavy (non-hydrogen) atoms. The fourth-order valence-corrected chi connectivity index (χ4v) is 10.2. The maximum Gasteiger partial charge on any atom is 0.397 e. The summed E-state index contributed by atoms with van der Waals surface area (Å²) in [5, 5.41) is 11.0. The highest BCUT2D eigenvalue weighted by molar-refractivity contribution is 7.80. The van der Waals surface area contributed by atoms with Crippen LogP contribution in [0.3, 0.4) is 0 Å². The minimum atomic E-state index is -4.81. The zero-order valence-corrected chi connectivity index (χ0v) is 25.3. The van der Waals surface area contributed by atoms with Gasteiger partial charge in [-0.05, 0) is 90.8 Å². The number of hydrogen-bond acceptors (Lipinski definition) is 7. The van der Waals surface area contributed by atoms with Gasteiger partial charge in [-0.1, -0.05) is 53.2 Å². The Kier molecular flexibility index (Phi) is 7.62. The minimum absolute atomic E-state index is 0.173. The second-order valence-electron chi connectivity index (χ2n) is 14.2. The van der Waals surface area contributed by atoms with Crippen molar-refractivity contribution < 1.29 is 36.5 Å². The van der Waals surface area contributed by atoms with Gasteiger partial charge in [0.05, 0.1) is 12.2 Å². The van der Waals surface area contributed by atoms with Crippen molar-refractivity contribution in [1.82, 2.24) is 0 Å². The van der Waals surface area contributed by atoms with Crippen LogP contribution in [0.4, 0.5) is 0 Å². The number of aliphatic hydroxyl groups is 1. The Labute approximate surface area is 234 Å². The van der Waals surface area contributed by atoms with Crippen LogP contribution in [0, 0.1) is 52.3 Å². The lowest BCUT2D eigenvalue weighted by atomic mass is 9.47. The summed E-state index contributed by atoms with van der Waals surface area (Å²) in [6.45, 7) is 15.1. The second-order valence-corrected chi connectivity index (χ2v) is 15.3. The molecule has 4 fully saturated rings. The molecule has 0 aromatic rings. The van der Waals surface area contributed by atoms with Gasteiger partial charge in [0.25, 0.3) is 0 Å². The van der Waals surface area contributed by atoms with Gasteiger partial charge in [0.1, 0.15) is 18.3 Å². The van der Waals surface area contributed by atoms with E-state index >= 15 is 0 Å². The summed E-state index contributed by atoms with van der Waals surface area (Å²) < 4.78 is 50.0. The van der Waals surface area contributed by atoms with Crippen molar-refractivity contribution in [2.45, 2.75) is 118 Å². The van der Waals surface area contributed by atoms with Gasteiger partial charge < -0.3 is 14.6 Å². The molecule has 0 spiro atoms. The first-order valence-electron chi connectivity index (χ1n) is 14.9. The summed E-state index contributed by atoms with van der Waals surface area (Å²) in [6, 6.07) is 0. The first kappa shape index (κ1) is 29.5. The molecule has 0 aromatic heterocycles. The van der Waals surface area contributed by atoms with E-state index in [0.29, 0.717) is 54.6 Å². The quantitative estimate of drug-likeness (QED) is 0.191. The van der Waals surface area contributed by atoms with Crippen molar-refractivity contribution in [2.75, 3.05) is 0 Å². The third-order valence-electron chi connectivity index (χ3n) is 12.0. The molecule has 0 unspecified atom stereocenters. The molecule has 3 saturated carbocycles. The lowest BCUT2D eigenvalue weighted by molar-refractivity contribution is -0.189. The first-order chi connectivity index (χ1) is 18.1. The average Bonchev–Trinajstić information content (AvgIpc) is 3.54. The molecular weight excluding hydrogens is 520 g/mol. The van der Waals surface area contributed by atoms with Gasteiger partial charge in [-0.3, -0.25) is 9.35 Å². The molecule has 9 heteroatoms. The molecular formula is C30H48O8S. The molecule has 222 valence electrons. The summed E-state index contributed by atoms with van der Waals surface area (Å²) in [7, 11) is -4.81. The molecule has 2 N–H and O–H groups in total. The topological polar surface area (TPSA) is 123 Å². The van der Waals surface area contributed by atoms with Crippen molar-refractivity contribution >= 4 is 16.4 Å². The van der Waals surface area contributed by atoms with E-state index in [0.717, 1.165) is 19.3 Å². The lowest BCUT2D eigenvalue weighted by Crippen LogP contribution is -2.61.